The smallest absolute Gasteiger partial charge is 0.416 e. The summed E-state index contributed by atoms with van der Waals surface area (Å²) in [7, 11) is 3.41. The van der Waals surface area contributed by atoms with Crippen molar-refractivity contribution >= 4 is 11.7 Å². The van der Waals surface area contributed by atoms with E-state index in [9.17, 15) is 23.1 Å². The number of carbonyl (C=O) groups is 1. The Morgan fingerprint density at radius 2 is 1.64 bits per heavy atom. The third kappa shape index (κ3) is 3.05. The molecule has 0 fully saturated rings. The third-order valence-corrected chi connectivity index (χ3v) is 3.26. The van der Waals surface area contributed by atoms with Crippen molar-refractivity contribution in [3.63, 3.8) is 0 Å². The molecule has 6 heteroatoms. The molecular weight excluding hydrogens is 295 g/mol. The fraction of sp³-hybridized carbons (Fsp3) is 0.188. The van der Waals surface area contributed by atoms with Gasteiger partial charge in [-0.3, -0.25) is 0 Å². The van der Waals surface area contributed by atoms with E-state index in [1.54, 1.807) is 37.2 Å². The number of hydrogen-bond donors (Lipinski definition) is 1. The van der Waals surface area contributed by atoms with Gasteiger partial charge in [-0.25, -0.2) is 4.79 Å². The summed E-state index contributed by atoms with van der Waals surface area (Å²) in [4.78, 5) is 13.2. The summed E-state index contributed by atoms with van der Waals surface area (Å²) in [6.45, 7) is 0. The summed E-state index contributed by atoms with van der Waals surface area (Å²) in [6.07, 6.45) is -4.42. The summed E-state index contributed by atoms with van der Waals surface area (Å²) >= 11 is 0. The first kappa shape index (κ1) is 15.9. The number of carboxylic acid groups (broad SMARTS) is 1. The number of nitrogens with zero attached hydrogens (tertiary/aromatic N) is 1. The number of hydrogen-bond acceptors (Lipinski definition) is 2. The second-order valence-electron chi connectivity index (χ2n) is 4.97. The Morgan fingerprint density at radius 1 is 1.05 bits per heavy atom. The molecule has 2 rings (SSSR count). The molecule has 2 aromatic rings. The summed E-state index contributed by atoms with van der Waals surface area (Å²) in [5, 5.41) is 9.43. The average Bonchev–Trinajstić information content (AvgIpc) is 2.45. The lowest BCUT2D eigenvalue weighted by atomic mass is 9.97. The first-order valence-electron chi connectivity index (χ1n) is 6.43. The Bertz CT molecular complexity index is 692. The number of aromatic carboxylic acids is 1. The second kappa shape index (κ2) is 5.71. The normalized spacial score (nSPS) is 11.3. The zero-order chi connectivity index (χ0) is 16.5. The van der Waals surface area contributed by atoms with E-state index in [1.807, 2.05) is 0 Å². The predicted molar refractivity (Wildman–Crippen MR) is 78.2 cm³/mol. The minimum absolute atomic E-state index is 0.0623. The van der Waals surface area contributed by atoms with E-state index in [0.717, 1.165) is 12.1 Å². The SMILES string of the molecule is CN(C)c1cccc(-c2ccc(C(F)(F)F)cc2)c1C(=O)O. The van der Waals surface area contributed by atoms with Crippen molar-refractivity contribution in [3.05, 3.63) is 53.6 Å². The highest BCUT2D eigenvalue weighted by molar-refractivity contribution is 6.02. The van der Waals surface area contributed by atoms with Crippen LogP contribution in [0.5, 0.6) is 0 Å². The van der Waals surface area contributed by atoms with Gasteiger partial charge in [0.05, 0.1) is 16.8 Å². The van der Waals surface area contributed by atoms with Crippen LogP contribution in [0.4, 0.5) is 18.9 Å². The van der Waals surface area contributed by atoms with Gasteiger partial charge in [-0.05, 0) is 29.3 Å². The topological polar surface area (TPSA) is 40.5 Å². The molecule has 0 atom stereocenters. The van der Waals surface area contributed by atoms with Crippen molar-refractivity contribution in [1.82, 2.24) is 0 Å². The molecule has 0 heterocycles. The molecule has 116 valence electrons. The van der Waals surface area contributed by atoms with E-state index in [4.69, 9.17) is 0 Å². The Hall–Kier alpha value is -2.50. The Labute approximate surface area is 125 Å². The molecule has 0 unspecified atom stereocenters. The van der Waals surface area contributed by atoms with Crippen molar-refractivity contribution < 1.29 is 23.1 Å². The molecule has 0 aliphatic heterocycles. The van der Waals surface area contributed by atoms with Crippen molar-refractivity contribution in [3.8, 4) is 11.1 Å². The molecule has 0 aliphatic carbocycles. The summed E-state index contributed by atoms with van der Waals surface area (Å²) in [5.41, 5.74) is 0.593. The first-order valence-corrected chi connectivity index (χ1v) is 6.43. The molecule has 0 aliphatic rings. The highest BCUT2D eigenvalue weighted by atomic mass is 19.4. The second-order valence-corrected chi connectivity index (χ2v) is 4.97. The number of halogens is 3. The van der Waals surface area contributed by atoms with E-state index in [0.29, 0.717) is 16.8 Å². The highest BCUT2D eigenvalue weighted by Gasteiger charge is 2.30. The van der Waals surface area contributed by atoms with Crippen LogP contribution in [0.2, 0.25) is 0 Å². The van der Waals surface area contributed by atoms with E-state index >= 15 is 0 Å². The number of anilines is 1. The molecule has 0 aromatic heterocycles. The van der Waals surface area contributed by atoms with Crippen LogP contribution in [-0.2, 0) is 6.18 Å². The monoisotopic (exact) mass is 309 g/mol. The van der Waals surface area contributed by atoms with Gasteiger partial charge in [-0.1, -0.05) is 24.3 Å². The quantitative estimate of drug-likeness (QED) is 0.926. The van der Waals surface area contributed by atoms with Crippen molar-refractivity contribution in [2.24, 2.45) is 0 Å². The zero-order valence-electron chi connectivity index (χ0n) is 12.0. The van der Waals surface area contributed by atoms with Gasteiger partial charge in [-0.15, -0.1) is 0 Å². The Morgan fingerprint density at radius 3 is 2.09 bits per heavy atom. The minimum Gasteiger partial charge on any atom is -0.478 e. The van der Waals surface area contributed by atoms with Crippen LogP contribution in [0, 0.1) is 0 Å². The number of alkyl halides is 3. The van der Waals surface area contributed by atoms with Crippen molar-refractivity contribution in [2.75, 3.05) is 19.0 Å². The minimum atomic E-state index is -4.42. The summed E-state index contributed by atoms with van der Waals surface area (Å²) < 4.78 is 37.8. The fourth-order valence-corrected chi connectivity index (χ4v) is 2.22. The summed E-state index contributed by atoms with van der Waals surface area (Å²) in [5.74, 6) is -1.13. The Balaban J connectivity index is 2.58. The molecule has 0 saturated carbocycles. The van der Waals surface area contributed by atoms with E-state index in [1.165, 1.54) is 12.1 Å². The molecule has 22 heavy (non-hydrogen) atoms. The standard InChI is InChI=1S/C16H14F3NO2/c1-20(2)13-5-3-4-12(14(13)15(21)22)10-6-8-11(9-7-10)16(17,18)19/h3-9H,1-2H3,(H,21,22). The van der Waals surface area contributed by atoms with Crippen LogP contribution in [-0.4, -0.2) is 25.2 Å². The molecule has 0 radical (unpaired) electrons. The average molecular weight is 309 g/mol. The van der Waals surface area contributed by atoms with Gasteiger partial charge >= 0.3 is 12.1 Å². The van der Waals surface area contributed by atoms with Gasteiger partial charge in [0.25, 0.3) is 0 Å². The summed E-state index contributed by atoms with van der Waals surface area (Å²) in [6, 6.07) is 9.37. The van der Waals surface area contributed by atoms with Crippen LogP contribution in [0.25, 0.3) is 11.1 Å². The van der Waals surface area contributed by atoms with E-state index in [-0.39, 0.29) is 5.56 Å². The first-order chi connectivity index (χ1) is 10.2. The fourth-order valence-electron chi connectivity index (χ4n) is 2.22. The van der Waals surface area contributed by atoms with Crippen LogP contribution < -0.4 is 4.90 Å². The lowest BCUT2D eigenvalue weighted by molar-refractivity contribution is -0.137. The third-order valence-electron chi connectivity index (χ3n) is 3.26. The van der Waals surface area contributed by atoms with E-state index < -0.39 is 17.7 Å². The molecule has 0 amide bonds. The molecule has 2 aromatic carbocycles. The van der Waals surface area contributed by atoms with E-state index in [2.05, 4.69) is 0 Å². The number of benzene rings is 2. The molecule has 1 N–H and O–H groups in total. The molecule has 0 bridgehead atoms. The van der Waals surface area contributed by atoms with Gasteiger partial charge in [0.1, 0.15) is 0 Å². The predicted octanol–water partition coefficient (Wildman–Crippen LogP) is 4.14. The molecule has 0 saturated heterocycles. The van der Waals surface area contributed by atoms with Gasteiger partial charge in [-0.2, -0.15) is 13.2 Å². The van der Waals surface area contributed by atoms with Crippen LogP contribution >= 0.6 is 0 Å². The zero-order valence-corrected chi connectivity index (χ0v) is 12.0. The van der Waals surface area contributed by atoms with Crippen molar-refractivity contribution in [2.45, 2.75) is 6.18 Å². The molecular formula is C16H14F3NO2. The Kier molecular flexibility index (Phi) is 4.12. The maximum Gasteiger partial charge on any atom is 0.416 e. The van der Waals surface area contributed by atoms with Crippen LogP contribution in [0.1, 0.15) is 15.9 Å². The largest absolute Gasteiger partial charge is 0.478 e. The maximum absolute atomic E-state index is 12.6. The number of rotatable bonds is 3. The van der Waals surface area contributed by atoms with Crippen molar-refractivity contribution in [1.29, 1.82) is 0 Å². The van der Waals surface area contributed by atoms with Gasteiger partial charge < -0.3 is 10.0 Å². The van der Waals surface area contributed by atoms with Gasteiger partial charge in [0.2, 0.25) is 0 Å². The molecule has 0 spiro atoms. The lowest BCUT2D eigenvalue weighted by Gasteiger charge is -2.18. The van der Waals surface area contributed by atoms with Gasteiger partial charge in [0, 0.05) is 14.1 Å². The molecule has 3 nitrogen and oxygen atoms in total. The van der Waals surface area contributed by atoms with Crippen LogP contribution in [0.3, 0.4) is 0 Å². The number of carboxylic acids is 1. The maximum atomic E-state index is 12.6. The lowest BCUT2D eigenvalue weighted by Crippen LogP contribution is -2.14. The highest BCUT2D eigenvalue weighted by Crippen LogP contribution is 2.34. The van der Waals surface area contributed by atoms with Gasteiger partial charge in [0.15, 0.2) is 0 Å². The van der Waals surface area contributed by atoms with Crippen LogP contribution in [0.15, 0.2) is 42.5 Å².